The SMILES string of the molecule is O=C(C1[C@H]2CNC[C@@H]12)N1CC[C@](O)(c2ccccc2)[C@H](N2CCOCC2)C1. The number of fused-ring (bicyclic) bond motifs is 1. The number of piperidine rings is 2. The Balaban J connectivity index is 1.38. The van der Waals surface area contributed by atoms with Crippen LogP contribution in [0.15, 0.2) is 30.3 Å². The minimum Gasteiger partial charge on any atom is -0.383 e. The normalized spacial score (nSPS) is 39.2. The molecule has 27 heavy (non-hydrogen) atoms. The van der Waals surface area contributed by atoms with Gasteiger partial charge in [-0.15, -0.1) is 0 Å². The van der Waals surface area contributed by atoms with Crippen molar-refractivity contribution in [2.45, 2.75) is 18.1 Å². The average Bonchev–Trinajstić information content (AvgIpc) is 3.20. The van der Waals surface area contributed by atoms with Gasteiger partial charge in [-0.05, 0) is 36.9 Å². The van der Waals surface area contributed by atoms with Gasteiger partial charge in [0.15, 0.2) is 0 Å². The Kier molecular flexibility index (Phi) is 4.47. The van der Waals surface area contributed by atoms with Crippen molar-refractivity contribution in [3.8, 4) is 0 Å². The van der Waals surface area contributed by atoms with Gasteiger partial charge < -0.3 is 20.1 Å². The van der Waals surface area contributed by atoms with E-state index in [1.165, 1.54) is 0 Å². The lowest BCUT2D eigenvalue weighted by Gasteiger charge is -2.50. The predicted octanol–water partition coefficient (Wildman–Crippen LogP) is 0.273. The highest BCUT2D eigenvalue weighted by Gasteiger charge is 2.59. The van der Waals surface area contributed by atoms with E-state index >= 15 is 0 Å². The molecule has 6 heteroatoms. The van der Waals surface area contributed by atoms with Crippen LogP contribution in [-0.4, -0.2) is 79.3 Å². The highest BCUT2D eigenvalue weighted by molar-refractivity contribution is 5.83. The van der Waals surface area contributed by atoms with Crippen molar-refractivity contribution in [2.24, 2.45) is 17.8 Å². The van der Waals surface area contributed by atoms with Crippen molar-refractivity contribution >= 4 is 5.91 Å². The van der Waals surface area contributed by atoms with Crippen LogP contribution >= 0.6 is 0 Å². The topological polar surface area (TPSA) is 65.0 Å². The van der Waals surface area contributed by atoms with Crippen LogP contribution in [0.25, 0.3) is 0 Å². The summed E-state index contributed by atoms with van der Waals surface area (Å²) in [6.45, 7) is 6.19. The zero-order valence-corrected chi connectivity index (χ0v) is 15.7. The summed E-state index contributed by atoms with van der Waals surface area (Å²) in [5, 5.41) is 15.1. The lowest BCUT2D eigenvalue weighted by atomic mass is 9.79. The number of hydrogen-bond donors (Lipinski definition) is 2. The molecule has 6 nitrogen and oxygen atoms in total. The van der Waals surface area contributed by atoms with Gasteiger partial charge in [0.25, 0.3) is 0 Å². The van der Waals surface area contributed by atoms with Gasteiger partial charge in [0.05, 0.1) is 19.3 Å². The van der Waals surface area contributed by atoms with Crippen molar-refractivity contribution < 1.29 is 14.6 Å². The first-order valence-corrected chi connectivity index (χ1v) is 10.3. The van der Waals surface area contributed by atoms with Gasteiger partial charge in [0.2, 0.25) is 5.91 Å². The summed E-state index contributed by atoms with van der Waals surface area (Å²) in [4.78, 5) is 17.5. The van der Waals surface area contributed by atoms with Gasteiger partial charge in [0, 0.05) is 32.1 Å². The summed E-state index contributed by atoms with van der Waals surface area (Å²) in [6, 6.07) is 9.90. The third-order valence-corrected chi connectivity index (χ3v) is 7.16. The largest absolute Gasteiger partial charge is 0.383 e. The number of ether oxygens (including phenoxy) is 1. The second-order valence-corrected chi connectivity index (χ2v) is 8.50. The van der Waals surface area contributed by atoms with Gasteiger partial charge in [-0.2, -0.15) is 0 Å². The smallest absolute Gasteiger partial charge is 0.226 e. The zero-order chi connectivity index (χ0) is 18.4. The molecule has 0 bridgehead atoms. The molecule has 3 aliphatic heterocycles. The van der Waals surface area contributed by atoms with Gasteiger partial charge in [-0.1, -0.05) is 30.3 Å². The summed E-state index contributed by atoms with van der Waals surface area (Å²) in [5.74, 6) is 1.59. The van der Waals surface area contributed by atoms with E-state index in [-0.39, 0.29) is 12.0 Å². The Morgan fingerprint density at radius 1 is 1.11 bits per heavy atom. The van der Waals surface area contributed by atoms with Crippen LogP contribution in [0.5, 0.6) is 0 Å². The van der Waals surface area contributed by atoms with E-state index < -0.39 is 5.60 Å². The third kappa shape index (κ3) is 2.99. The summed E-state index contributed by atoms with van der Waals surface area (Å²) >= 11 is 0. The van der Waals surface area contributed by atoms with Gasteiger partial charge in [-0.3, -0.25) is 9.69 Å². The maximum Gasteiger partial charge on any atom is 0.226 e. The first-order chi connectivity index (χ1) is 13.2. The maximum absolute atomic E-state index is 13.1. The second kappa shape index (κ2) is 6.85. The standard InChI is InChI=1S/C21H29N3O3/c25-20(19-16-12-22-13-17(16)19)24-7-6-21(26,15-4-2-1-3-5-15)18(14-24)23-8-10-27-11-9-23/h1-5,16-19,22,26H,6-14H2/t16-,17+,18-,19?,21+/m1/s1. The average molecular weight is 371 g/mol. The van der Waals surface area contributed by atoms with Crippen molar-refractivity contribution in [2.75, 3.05) is 52.5 Å². The second-order valence-electron chi connectivity index (χ2n) is 8.50. The van der Waals surface area contributed by atoms with Gasteiger partial charge in [-0.25, -0.2) is 0 Å². The van der Waals surface area contributed by atoms with Crippen LogP contribution < -0.4 is 5.32 Å². The number of morpholine rings is 1. The molecule has 1 amide bonds. The van der Waals surface area contributed by atoms with Crippen molar-refractivity contribution in [1.82, 2.24) is 15.1 Å². The Morgan fingerprint density at radius 3 is 2.52 bits per heavy atom. The van der Waals surface area contributed by atoms with E-state index in [4.69, 9.17) is 4.74 Å². The fourth-order valence-electron chi connectivity index (χ4n) is 5.49. The highest BCUT2D eigenvalue weighted by Crippen LogP contribution is 2.50. The van der Waals surface area contributed by atoms with E-state index in [0.29, 0.717) is 50.5 Å². The predicted molar refractivity (Wildman–Crippen MR) is 101 cm³/mol. The molecule has 1 aromatic carbocycles. The number of carbonyl (C=O) groups is 1. The van der Waals surface area contributed by atoms with Gasteiger partial charge >= 0.3 is 0 Å². The molecule has 3 heterocycles. The number of amides is 1. The number of aliphatic hydroxyl groups is 1. The zero-order valence-electron chi connectivity index (χ0n) is 15.7. The Morgan fingerprint density at radius 2 is 1.81 bits per heavy atom. The first kappa shape index (κ1) is 17.6. The van der Waals surface area contributed by atoms with Crippen LogP contribution in [0.2, 0.25) is 0 Å². The van der Waals surface area contributed by atoms with Crippen LogP contribution in [0.1, 0.15) is 12.0 Å². The number of benzene rings is 1. The van der Waals surface area contributed by atoms with E-state index in [0.717, 1.165) is 31.7 Å². The minimum absolute atomic E-state index is 0.0850. The number of likely N-dealkylation sites (tertiary alicyclic amines) is 1. The van der Waals surface area contributed by atoms with Crippen LogP contribution in [0.3, 0.4) is 0 Å². The van der Waals surface area contributed by atoms with E-state index in [1.807, 2.05) is 35.2 Å². The monoisotopic (exact) mass is 371 g/mol. The first-order valence-electron chi connectivity index (χ1n) is 10.3. The van der Waals surface area contributed by atoms with Crippen LogP contribution in [0, 0.1) is 17.8 Å². The number of hydrogen-bond acceptors (Lipinski definition) is 5. The molecule has 0 aromatic heterocycles. The molecule has 1 aromatic rings. The molecule has 2 N–H and O–H groups in total. The summed E-state index contributed by atoms with van der Waals surface area (Å²) in [7, 11) is 0. The Hall–Kier alpha value is -1.47. The minimum atomic E-state index is -0.920. The molecule has 5 atom stereocenters. The van der Waals surface area contributed by atoms with Crippen molar-refractivity contribution in [3.63, 3.8) is 0 Å². The molecule has 0 radical (unpaired) electrons. The number of nitrogens with zero attached hydrogens (tertiary/aromatic N) is 2. The molecule has 5 rings (SSSR count). The summed E-state index contributed by atoms with van der Waals surface area (Å²) in [6.07, 6.45) is 0.588. The van der Waals surface area contributed by atoms with Crippen LogP contribution in [-0.2, 0) is 15.1 Å². The lowest BCUT2D eigenvalue weighted by Crippen LogP contribution is -2.63. The summed E-state index contributed by atoms with van der Waals surface area (Å²) < 4.78 is 5.53. The Labute approximate surface area is 160 Å². The molecule has 1 aliphatic carbocycles. The van der Waals surface area contributed by atoms with E-state index in [1.54, 1.807) is 0 Å². The highest BCUT2D eigenvalue weighted by atomic mass is 16.5. The van der Waals surface area contributed by atoms with Crippen molar-refractivity contribution in [1.29, 1.82) is 0 Å². The maximum atomic E-state index is 13.1. The third-order valence-electron chi connectivity index (χ3n) is 7.16. The van der Waals surface area contributed by atoms with E-state index in [2.05, 4.69) is 10.2 Å². The number of carbonyl (C=O) groups excluding carboxylic acids is 1. The number of nitrogens with one attached hydrogen (secondary N) is 1. The molecule has 146 valence electrons. The van der Waals surface area contributed by atoms with Crippen molar-refractivity contribution in [3.05, 3.63) is 35.9 Å². The molecule has 3 saturated heterocycles. The number of rotatable bonds is 3. The fraction of sp³-hybridized carbons (Fsp3) is 0.667. The summed E-state index contributed by atoms with van der Waals surface area (Å²) in [5.41, 5.74) is 0.0391. The van der Waals surface area contributed by atoms with E-state index in [9.17, 15) is 9.90 Å². The molecular weight excluding hydrogens is 342 g/mol. The fourth-order valence-corrected chi connectivity index (χ4v) is 5.49. The van der Waals surface area contributed by atoms with Crippen LogP contribution in [0.4, 0.5) is 0 Å². The molecule has 4 fully saturated rings. The molecule has 4 aliphatic rings. The Bertz CT molecular complexity index is 683. The molecule has 0 spiro atoms. The molecule has 1 unspecified atom stereocenters. The quantitative estimate of drug-likeness (QED) is 0.799. The van der Waals surface area contributed by atoms with Gasteiger partial charge in [0.1, 0.15) is 5.60 Å². The molecular formula is C21H29N3O3. The molecule has 1 saturated carbocycles. The lowest BCUT2D eigenvalue weighted by molar-refractivity contribution is -0.149.